The van der Waals surface area contributed by atoms with Gasteiger partial charge in [0.05, 0.1) is 18.6 Å². The third kappa shape index (κ3) is 3.95. The fourth-order valence-electron chi connectivity index (χ4n) is 3.76. The molecule has 1 saturated heterocycles. The standard InChI is InChI=1S/C19H22N2O6/c22-14-10-15(18(24)25)16(21(11-14)19(26)27)17(23)20-8-6-13(7-9-20)12-4-2-1-3-5-12/h1-6,14-16,22H,7-11H2,(H,24,25)(H,26,27)/t14-,15-,16-/m0/s1. The number of hydrogen-bond acceptors (Lipinski definition) is 4. The van der Waals surface area contributed by atoms with E-state index in [0.29, 0.717) is 19.5 Å². The number of nitrogens with zero attached hydrogens (tertiary/aromatic N) is 2. The molecule has 0 bridgehead atoms. The monoisotopic (exact) mass is 374 g/mol. The van der Waals surface area contributed by atoms with Gasteiger partial charge in [0.1, 0.15) is 6.04 Å². The van der Waals surface area contributed by atoms with Gasteiger partial charge in [0.15, 0.2) is 0 Å². The summed E-state index contributed by atoms with van der Waals surface area (Å²) in [6.45, 7) is 0.411. The largest absolute Gasteiger partial charge is 0.481 e. The minimum absolute atomic E-state index is 0.144. The van der Waals surface area contributed by atoms with Crippen LogP contribution in [0.1, 0.15) is 18.4 Å². The minimum Gasteiger partial charge on any atom is -0.481 e. The quantitative estimate of drug-likeness (QED) is 0.730. The number of piperidine rings is 1. The Hall–Kier alpha value is -2.87. The predicted molar refractivity (Wildman–Crippen MR) is 95.9 cm³/mol. The molecule has 0 radical (unpaired) electrons. The molecule has 144 valence electrons. The molecule has 1 fully saturated rings. The summed E-state index contributed by atoms with van der Waals surface area (Å²) in [6, 6.07) is 8.44. The van der Waals surface area contributed by atoms with Crippen LogP contribution in [0.5, 0.6) is 0 Å². The van der Waals surface area contributed by atoms with Gasteiger partial charge in [0.2, 0.25) is 5.91 Å². The van der Waals surface area contributed by atoms with Crippen molar-refractivity contribution in [2.75, 3.05) is 19.6 Å². The van der Waals surface area contributed by atoms with E-state index < -0.39 is 36.0 Å². The molecular weight excluding hydrogens is 352 g/mol. The first-order valence-corrected chi connectivity index (χ1v) is 8.82. The molecule has 8 heteroatoms. The van der Waals surface area contributed by atoms with Crippen LogP contribution in [0.25, 0.3) is 5.57 Å². The van der Waals surface area contributed by atoms with Crippen molar-refractivity contribution in [2.45, 2.75) is 25.0 Å². The average molecular weight is 374 g/mol. The number of likely N-dealkylation sites (tertiary alicyclic amines) is 1. The third-order valence-electron chi connectivity index (χ3n) is 5.13. The van der Waals surface area contributed by atoms with Gasteiger partial charge in [-0.1, -0.05) is 36.4 Å². The van der Waals surface area contributed by atoms with Crippen molar-refractivity contribution in [2.24, 2.45) is 5.92 Å². The van der Waals surface area contributed by atoms with E-state index in [1.54, 1.807) is 0 Å². The number of β-amino-alcohol motifs (C(OH)–C–C–N with tert-alkyl or cyclic N) is 1. The predicted octanol–water partition coefficient (Wildman–Crippen LogP) is 1.12. The number of carbonyl (C=O) groups excluding carboxylic acids is 1. The molecule has 1 aromatic rings. The van der Waals surface area contributed by atoms with Crippen molar-refractivity contribution < 1.29 is 29.7 Å². The van der Waals surface area contributed by atoms with Gasteiger partial charge in [-0.15, -0.1) is 0 Å². The summed E-state index contributed by atoms with van der Waals surface area (Å²) in [5.41, 5.74) is 2.17. The third-order valence-corrected chi connectivity index (χ3v) is 5.13. The molecule has 2 aliphatic rings. The molecule has 27 heavy (non-hydrogen) atoms. The number of aliphatic carboxylic acids is 1. The van der Waals surface area contributed by atoms with Gasteiger partial charge in [-0.05, 0) is 24.0 Å². The van der Waals surface area contributed by atoms with Crippen molar-refractivity contribution in [3.05, 3.63) is 42.0 Å². The van der Waals surface area contributed by atoms with Gasteiger partial charge in [-0.2, -0.15) is 0 Å². The van der Waals surface area contributed by atoms with Gasteiger partial charge in [0, 0.05) is 13.1 Å². The Labute approximate surface area is 156 Å². The zero-order chi connectivity index (χ0) is 19.6. The number of hydrogen-bond donors (Lipinski definition) is 3. The highest BCUT2D eigenvalue weighted by molar-refractivity contribution is 5.91. The SMILES string of the molecule is O=C(O)[C@H]1C[C@H](O)CN(C(=O)O)[C@@H]1C(=O)N1CC=C(c2ccccc2)CC1. The summed E-state index contributed by atoms with van der Waals surface area (Å²) < 4.78 is 0. The van der Waals surface area contributed by atoms with E-state index in [9.17, 15) is 29.7 Å². The number of benzene rings is 1. The van der Waals surface area contributed by atoms with Crippen molar-refractivity contribution >= 4 is 23.5 Å². The molecule has 2 aliphatic heterocycles. The van der Waals surface area contributed by atoms with Crippen LogP contribution in [0.3, 0.4) is 0 Å². The Bertz CT molecular complexity index is 739. The lowest BCUT2D eigenvalue weighted by atomic mass is 9.86. The molecule has 0 aromatic heterocycles. The van der Waals surface area contributed by atoms with E-state index in [0.717, 1.165) is 16.0 Å². The summed E-state index contributed by atoms with van der Waals surface area (Å²) in [6.07, 6.45) is -0.132. The number of carboxylic acids is 1. The smallest absolute Gasteiger partial charge is 0.408 e. The molecule has 3 N–H and O–H groups in total. The Morgan fingerprint density at radius 1 is 1.07 bits per heavy atom. The fraction of sp³-hybridized carbons (Fsp3) is 0.421. The lowest BCUT2D eigenvalue weighted by Gasteiger charge is -2.41. The Balaban J connectivity index is 1.79. The van der Waals surface area contributed by atoms with Gasteiger partial charge < -0.3 is 20.2 Å². The second-order valence-corrected chi connectivity index (χ2v) is 6.84. The van der Waals surface area contributed by atoms with Crippen LogP contribution in [0.4, 0.5) is 4.79 Å². The molecule has 2 amide bonds. The van der Waals surface area contributed by atoms with Crippen LogP contribution in [-0.2, 0) is 9.59 Å². The van der Waals surface area contributed by atoms with Gasteiger partial charge in [0.25, 0.3) is 0 Å². The Kier molecular flexibility index (Phi) is 5.46. The molecule has 1 aromatic carbocycles. The van der Waals surface area contributed by atoms with Gasteiger partial charge >= 0.3 is 12.1 Å². The summed E-state index contributed by atoms with van der Waals surface area (Å²) in [4.78, 5) is 38.4. The molecular formula is C19H22N2O6. The second-order valence-electron chi connectivity index (χ2n) is 6.84. The van der Waals surface area contributed by atoms with Crippen molar-refractivity contribution in [3.8, 4) is 0 Å². The topological polar surface area (TPSA) is 118 Å². The zero-order valence-electron chi connectivity index (χ0n) is 14.7. The molecule has 0 spiro atoms. The van der Waals surface area contributed by atoms with Crippen LogP contribution in [0, 0.1) is 5.92 Å². The number of aliphatic hydroxyl groups is 1. The van der Waals surface area contributed by atoms with Crippen molar-refractivity contribution in [1.82, 2.24) is 9.80 Å². The number of carbonyl (C=O) groups is 3. The number of amides is 2. The normalized spacial score (nSPS) is 25.7. The summed E-state index contributed by atoms with van der Waals surface area (Å²) in [7, 11) is 0. The average Bonchev–Trinajstić information content (AvgIpc) is 2.67. The molecule has 0 aliphatic carbocycles. The lowest BCUT2D eigenvalue weighted by molar-refractivity contribution is -0.156. The number of carboxylic acid groups (broad SMARTS) is 2. The highest BCUT2D eigenvalue weighted by Gasteiger charge is 2.47. The van der Waals surface area contributed by atoms with Crippen LogP contribution >= 0.6 is 0 Å². The van der Waals surface area contributed by atoms with E-state index >= 15 is 0 Å². The van der Waals surface area contributed by atoms with E-state index in [1.165, 1.54) is 4.90 Å². The summed E-state index contributed by atoms with van der Waals surface area (Å²) in [5, 5.41) is 28.7. The highest BCUT2D eigenvalue weighted by atomic mass is 16.4. The molecule has 3 atom stereocenters. The van der Waals surface area contributed by atoms with Crippen molar-refractivity contribution in [1.29, 1.82) is 0 Å². The Morgan fingerprint density at radius 3 is 2.33 bits per heavy atom. The molecule has 3 rings (SSSR count). The second kappa shape index (κ2) is 7.79. The first-order valence-electron chi connectivity index (χ1n) is 8.82. The van der Waals surface area contributed by atoms with E-state index in [-0.39, 0.29) is 13.0 Å². The summed E-state index contributed by atoms with van der Waals surface area (Å²) in [5.74, 6) is -3.08. The van der Waals surface area contributed by atoms with Gasteiger partial charge in [-0.3, -0.25) is 14.5 Å². The zero-order valence-corrected chi connectivity index (χ0v) is 14.7. The fourth-order valence-corrected chi connectivity index (χ4v) is 3.76. The maximum Gasteiger partial charge on any atom is 0.408 e. The first-order chi connectivity index (χ1) is 12.9. The van der Waals surface area contributed by atoms with E-state index in [4.69, 9.17) is 0 Å². The molecule has 0 saturated carbocycles. The van der Waals surface area contributed by atoms with Crippen molar-refractivity contribution in [3.63, 3.8) is 0 Å². The summed E-state index contributed by atoms with van der Waals surface area (Å²) >= 11 is 0. The highest BCUT2D eigenvalue weighted by Crippen LogP contribution is 2.28. The van der Waals surface area contributed by atoms with E-state index in [1.807, 2.05) is 36.4 Å². The molecule has 2 heterocycles. The molecule has 8 nitrogen and oxygen atoms in total. The maximum atomic E-state index is 13.0. The van der Waals surface area contributed by atoms with Gasteiger partial charge in [-0.25, -0.2) is 4.79 Å². The van der Waals surface area contributed by atoms with Crippen LogP contribution in [-0.4, -0.2) is 74.9 Å². The first kappa shape index (κ1) is 18.9. The Morgan fingerprint density at radius 2 is 1.78 bits per heavy atom. The molecule has 0 unspecified atom stereocenters. The minimum atomic E-state index is -1.41. The number of aliphatic hydroxyl groups excluding tert-OH is 1. The number of rotatable bonds is 3. The van der Waals surface area contributed by atoms with E-state index in [2.05, 4.69) is 0 Å². The lowest BCUT2D eigenvalue weighted by Crippen LogP contribution is -2.61. The van der Waals surface area contributed by atoms with Crippen LogP contribution in [0.2, 0.25) is 0 Å². The maximum absolute atomic E-state index is 13.0. The van der Waals surface area contributed by atoms with Crippen LogP contribution in [0.15, 0.2) is 36.4 Å². The van der Waals surface area contributed by atoms with Crippen LogP contribution < -0.4 is 0 Å².